The Bertz CT molecular complexity index is 530. The molecule has 114 valence electrons. The lowest BCUT2D eigenvalue weighted by Crippen LogP contribution is -2.32. The van der Waals surface area contributed by atoms with Gasteiger partial charge in [-0.3, -0.25) is 0 Å². The second kappa shape index (κ2) is 6.84. The van der Waals surface area contributed by atoms with Crippen LogP contribution in [0.25, 0.3) is 0 Å². The molecule has 1 atom stereocenters. The van der Waals surface area contributed by atoms with Gasteiger partial charge in [0.25, 0.3) is 0 Å². The molecule has 0 saturated carbocycles. The minimum Gasteiger partial charge on any atom is -0.383 e. The third-order valence-corrected chi connectivity index (χ3v) is 6.22. The van der Waals surface area contributed by atoms with Gasteiger partial charge in [-0.05, 0) is 6.42 Å². The highest BCUT2D eigenvalue weighted by Gasteiger charge is 2.31. The predicted octanol–water partition coefficient (Wildman–Crippen LogP) is 0.502. The van der Waals surface area contributed by atoms with E-state index >= 15 is 0 Å². The first-order valence-electron chi connectivity index (χ1n) is 6.59. The summed E-state index contributed by atoms with van der Waals surface area (Å²) in [5.74, 6) is 0.531. The second-order valence-electron chi connectivity index (χ2n) is 4.95. The van der Waals surface area contributed by atoms with Crippen molar-refractivity contribution in [2.75, 3.05) is 43.7 Å². The number of sulfone groups is 1. The smallest absolute Gasteiger partial charge is 0.185 e. The predicted molar refractivity (Wildman–Crippen MR) is 81.2 cm³/mol. The van der Waals surface area contributed by atoms with Crippen molar-refractivity contribution in [3.63, 3.8) is 0 Å². The lowest BCUT2D eigenvalue weighted by atomic mass is 10.2. The Hall–Kier alpha value is -0.700. The van der Waals surface area contributed by atoms with Crippen LogP contribution in [0.2, 0.25) is 0 Å². The molecule has 20 heavy (non-hydrogen) atoms. The highest BCUT2D eigenvalue weighted by Crippen LogP contribution is 2.26. The molecule has 1 N–H and O–H groups in total. The summed E-state index contributed by atoms with van der Waals surface area (Å²) in [7, 11) is 0.748. The van der Waals surface area contributed by atoms with E-state index in [2.05, 4.69) is 10.3 Å². The van der Waals surface area contributed by atoms with E-state index in [0.717, 1.165) is 23.1 Å². The van der Waals surface area contributed by atoms with Crippen molar-refractivity contribution in [3.8, 4) is 0 Å². The lowest BCUT2D eigenvalue weighted by Gasteiger charge is -2.22. The summed E-state index contributed by atoms with van der Waals surface area (Å²) >= 11 is 1.60. The number of thiazole rings is 1. The zero-order valence-corrected chi connectivity index (χ0v) is 13.5. The van der Waals surface area contributed by atoms with Crippen LogP contribution in [0.4, 0.5) is 5.13 Å². The van der Waals surface area contributed by atoms with Gasteiger partial charge in [0.05, 0.1) is 18.1 Å². The Labute approximate surface area is 124 Å². The molecule has 8 heteroatoms. The first-order chi connectivity index (χ1) is 9.52. The van der Waals surface area contributed by atoms with Crippen LogP contribution in [-0.2, 0) is 21.1 Å². The highest BCUT2D eigenvalue weighted by atomic mass is 32.2. The van der Waals surface area contributed by atoms with Crippen LogP contribution in [-0.4, -0.2) is 58.3 Å². The molecule has 0 radical (unpaired) electrons. The average Bonchev–Trinajstić information content (AvgIpc) is 3.00. The van der Waals surface area contributed by atoms with Crippen LogP contribution in [0.5, 0.6) is 0 Å². The lowest BCUT2D eigenvalue weighted by molar-refractivity contribution is 0.199. The fourth-order valence-corrected chi connectivity index (χ4v) is 4.85. The minimum atomic E-state index is -2.85. The van der Waals surface area contributed by atoms with Crippen LogP contribution in [0.1, 0.15) is 11.3 Å². The van der Waals surface area contributed by atoms with Crippen molar-refractivity contribution in [2.45, 2.75) is 19.0 Å². The van der Waals surface area contributed by atoms with Crippen LogP contribution in [0.15, 0.2) is 6.20 Å². The third-order valence-electron chi connectivity index (χ3n) is 3.38. The van der Waals surface area contributed by atoms with Crippen molar-refractivity contribution in [2.24, 2.45) is 0 Å². The number of anilines is 1. The van der Waals surface area contributed by atoms with E-state index in [-0.39, 0.29) is 11.8 Å². The van der Waals surface area contributed by atoms with Crippen LogP contribution >= 0.6 is 11.3 Å². The Morgan fingerprint density at radius 3 is 3.05 bits per heavy atom. The van der Waals surface area contributed by atoms with Gasteiger partial charge in [0, 0.05) is 44.4 Å². The molecule has 1 unspecified atom stereocenters. The molecule has 2 rings (SSSR count). The molecule has 1 aliphatic heterocycles. The molecule has 1 saturated heterocycles. The van der Waals surface area contributed by atoms with Gasteiger partial charge in [-0.1, -0.05) is 0 Å². The zero-order valence-electron chi connectivity index (χ0n) is 11.8. The fraction of sp³-hybridized carbons (Fsp3) is 0.750. The SMILES string of the molecule is COCCNCc1cnc(N(C)C2CCS(=O)(=O)C2)s1. The van der Waals surface area contributed by atoms with Gasteiger partial charge in [0.2, 0.25) is 0 Å². The van der Waals surface area contributed by atoms with Gasteiger partial charge in [0.15, 0.2) is 15.0 Å². The summed E-state index contributed by atoms with van der Waals surface area (Å²) in [5, 5.41) is 4.15. The molecule has 0 aromatic carbocycles. The maximum Gasteiger partial charge on any atom is 0.185 e. The van der Waals surface area contributed by atoms with Crippen molar-refractivity contribution in [1.82, 2.24) is 10.3 Å². The van der Waals surface area contributed by atoms with E-state index in [1.54, 1.807) is 18.4 Å². The summed E-state index contributed by atoms with van der Waals surface area (Å²) in [4.78, 5) is 7.52. The van der Waals surface area contributed by atoms with Gasteiger partial charge in [-0.15, -0.1) is 11.3 Å². The number of hydrogen-bond acceptors (Lipinski definition) is 7. The molecule has 1 aromatic heterocycles. The molecule has 1 fully saturated rings. The second-order valence-corrected chi connectivity index (χ2v) is 8.27. The van der Waals surface area contributed by atoms with E-state index in [1.165, 1.54) is 0 Å². The molecular weight excluding hydrogens is 298 g/mol. The first kappa shape index (κ1) is 15.7. The number of ether oxygens (including phenoxy) is 1. The van der Waals surface area contributed by atoms with Crippen molar-refractivity contribution in [1.29, 1.82) is 0 Å². The number of nitrogens with one attached hydrogen (secondary N) is 1. The Kier molecular flexibility index (Phi) is 5.36. The average molecular weight is 319 g/mol. The van der Waals surface area contributed by atoms with Gasteiger partial charge in [-0.2, -0.15) is 0 Å². The van der Waals surface area contributed by atoms with Crippen molar-refractivity contribution < 1.29 is 13.2 Å². The Morgan fingerprint density at radius 1 is 1.60 bits per heavy atom. The Morgan fingerprint density at radius 2 is 2.40 bits per heavy atom. The summed E-state index contributed by atoms with van der Waals surface area (Å²) in [6.07, 6.45) is 2.54. The van der Waals surface area contributed by atoms with Crippen molar-refractivity contribution in [3.05, 3.63) is 11.1 Å². The molecule has 0 aliphatic carbocycles. The summed E-state index contributed by atoms with van der Waals surface area (Å²) in [6.45, 7) is 2.25. The van der Waals surface area contributed by atoms with E-state index < -0.39 is 9.84 Å². The molecule has 1 aromatic rings. The van der Waals surface area contributed by atoms with E-state index in [1.807, 2.05) is 18.1 Å². The quantitative estimate of drug-likeness (QED) is 0.738. The van der Waals surface area contributed by atoms with Crippen molar-refractivity contribution >= 4 is 26.3 Å². The topological polar surface area (TPSA) is 71.5 Å². The molecule has 1 aliphatic rings. The van der Waals surface area contributed by atoms with E-state index in [9.17, 15) is 8.42 Å². The number of aromatic nitrogens is 1. The van der Waals surface area contributed by atoms with Gasteiger partial charge < -0.3 is 15.0 Å². The highest BCUT2D eigenvalue weighted by molar-refractivity contribution is 7.91. The van der Waals surface area contributed by atoms with E-state index in [0.29, 0.717) is 18.8 Å². The monoisotopic (exact) mass is 319 g/mol. The normalized spacial score (nSPS) is 21.2. The molecule has 2 heterocycles. The molecule has 0 amide bonds. The molecular formula is C12H21N3O3S2. The van der Waals surface area contributed by atoms with Gasteiger partial charge in [0.1, 0.15) is 0 Å². The largest absolute Gasteiger partial charge is 0.383 e. The first-order valence-corrected chi connectivity index (χ1v) is 9.23. The number of hydrogen-bond donors (Lipinski definition) is 1. The van der Waals surface area contributed by atoms with E-state index in [4.69, 9.17) is 4.74 Å². The number of nitrogens with zero attached hydrogens (tertiary/aromatic N) is 2. The van der Waals surface area contributed by atoms with Gasteiger partial charge >= 0.3 is 0 Å². The molecule has 0 spiro atoms. The maximum atomic E-state index is 11.5. The zero-order chi connectivity index (χ0) is 14.6. The maximum absolute atomic E-state index is 11.5. The van der Waals surface area contributed by atoms with Crippen LogP contribution < -0.4 is 10.2 Å². The summed E-state index contributed by atoms with van der Waals surface area (Å²) in [5.41, 5.74) is 0. The minimum absolute atomic E-state index is 0.0560. The molecule has 0 bridgehead atoms. The number of rotatable bonds is 7. The fourth-order valence-electron chi connectivity index (χ4n) is 2.16. The summed E-state index contributed by atoms with van der Waals surface area (Å²) in [6, 6.07) is 0.0560. The number of methoxy groups -OCH3 is 1. The summed E-state index contributed by atoms with van der Waals surface area (Å²) < 4.78 is 28.0. The van der Waals surface area contributed by atoms with Gasteiger partial charge in [-0.25, -0.2) is 13.4 Å². The standard InChI is InChI=1S/C12H21N3O3S2/c1-15(10-3-6-20(16,17)9-10)12-14-8-11(19-12)7-13-4-5-18-2/h8,10,13H,3-7,9H2,1-2H3. The Balaban J connectivity index is 1.88. The van der Waals surface area contributed by atoms with Crippen LogP contribution in [0.3, 0.4) is 0 Å². The van der Waals surface area contributed by atoms with Crippen LogP contribution in [0, 0.1) is 0 Å². The third kappa shape index (κ3) is 4.15. The molecule has 6 nitrogen and oxygen atoms in total.